The Morgan fingerprint density at radius 2 is 1.87 bits per heavy atom. The average molecular weight is 334 g/mol. The van der Waals surface area contributed by atoms with E-state index in [1.807, 2.05) is 0 Å². The first kappa shape index (κ1) is 15.1. The van der Waals surface area contributed by atoms with E-state index in [-0.39, 0.29) is 17.5 Å². The highest BCUT2D eigenvalue weighted by Gasteiger charge is 2.07. The van der Waals surface area contributed by atoms with Gasteiger partial charge in [-0.25, -0.2) is 8.78 Å². The number of rotatable bonds is 4. The third kappa shape index (κ3) is 3.89. The standard InChI is InChI=1S/C15H10ClF2N5/c16-9-2-1-3-11(6-9)20-15-22-14(8-19-23-15)21-13-5-4-10(17)7-12(13)18/h1-8H,(H2,20,21,22,23). The summed E-state index contributed by atoms with van der Waals surface area (Å²) in [5.41, 5.74) is 0.769. The Labute approximate surface area is 135 Å². The van der Waals surface area contributed by atoms with E-state index < -0.39 is 11.6 Å². The van der Waals surface area contributed by atoms with Crippen molar-refractivity contribution in [2.24, 2.45) is 0 Å². The molecule has 116 valence electrons. The molecule has 3 aromatic rings. The lowest BCUT2D eigenvalue weighted by Gasteiger charge is -2.08. The summed E-state index contributed by atoms with van der Waals surface area (Å²) in [6.07, 6.45) is 1.33. The normalized spacial score (nSPS) is 10.4. The van der Waals surface area contributed by atoms with Gasteiger partial charge in [0.25, 0.3) is 0 Å². The van der Waals surface area contributed by atoms with E-state index >= 15 is 0 Å². The second-order valence-corrected chi connectivity index (χ2v) is 4.99. The Morgan fingerprint density at radius 3 is 2.65 bits per heavy atom. The second-order valence-electron chi connectivity index (χ2n) is 4.55. The fourth-order valence-electron chi connectivity index (χ4n) is 1.84. The highest BCUT2D eigenvalue weighted by molar-refractivity contribution is 6.30. The van der Waals surface area contributed by atoms with E-state index in [1.165, 1.54) is 12.3 Å². The highest BCUT2D eigenvalue weighted by Crippen LogP contribution is 2.21. The second kappa shape index (κ2) is 6.53. The van der Waals surface area contributed by atoms with Crippen LogP contribution in [0.2, 0.25) is 5.02 Å². The van der Waals surface area contributed by atoms with Gasteiger partial charge in [0.15, 0.2) is 5.82 Å². The quantitative estimate of drug-likeness (QED) is 0.745. The van der Waals surface area contributed by atoms with Crippen LogP contribution in [-0.2, 0) is 0 Å². The van der Waals surface area contributed by atoms with Crippen molar-refractivity contribution in [2.45, 2.75) is 0 Å². The molecule has 0 saturated carbocycles. The fraction of sp³-hybridized carbons (Fsp3) is 0. The lowest BCUT2D eigenvalue weighted by molar-refractivity contribution is 0.586. The summed E-state index contributed by atoms with van der Waals surface area (Å²) in [4.78, 5) is 4.16. The first-order chi connectivity index (χ1) is 11.1. The minimum absolute atomic E-state index is 0.0839. The molecule has 0 atom stereocenters. The number of halogens is 3. The molecule has 8 heteroatoms. The first-order valence-electron chi connectivity index (χ1n) is 6.54. The summed E-state index contributed by atoms with van der Waals surface area (Å²) < 4.78 is 26.5. The molecule has 0 bridgehead atoms. The molecule has 0 aliphatic rings. The summed E-state index contributed by atoms with van der Waals surface area (Å²) in [6, 6.07) is 10.2. The molecular formula is C15H10ClF2N5. The number of hydrogen-bond donors (Lipinski definition) is 2. The summed E-state index contributed by atoms with van der Waals surface area (Å²) in [5.74, 6) is -0.917. The van der Waals surface area contributed by atoms with Crippen molar-refractivity contribution in [1.82, 2.24) is 15.2 Å². The molecule has 0 aliphatic carbocycles. The van der Waals surface area contributed by atoms with Crippen molar-refractivity contribution in [2.75, 3.05) is 10.6 Å². The number of benzene rings is 2. The summed E-state index contributed by atoms with van der Waals surface area (Å²) in [5, 5.41) is 13.8. The van der Waals surface area contributed by atoms with Gasteiger partial charge in [-0.3, -0.25) is 0 Å². The lowest BCUT2D eigenvalue weighted by Crippen LogP contribution is -2.03. The monoisotopic (exact) mass is 333 g/mol. The van der Waals surface area contributed by atoms with E-state index in [1.54, 1.807) is 24.3 Å². The Hall–Kier alpha value is -2.80. The molecule has 3 rings (SSSR count). The predicted octanol–water partition coefficient (Wildman–Crippen LogP) is 4.29. The molecule has 0 fully saturated rings. The zero-order chi connectivity index (χ0) is 16.2. The number of anilines is 4. The van der Waals surface area contributed by atoms with Crippen LogP contribution in [0.3, 0.4) is 0 Å². The van der Waals surface area contributed by atoms with Gasteiger partial charge < -0.3 is 10.6 Å². The van der Waals surface area contributed by atoms with E-state index in [0.29, 0.717) is 10.7 Å². The molecule has 1 heterocycles. The van der Waals surface area contributed by atoms with Crippen molar-refractivity contribution >= 4 is 34.7 Å². The van der Waals surface area contributed by atoms with Crippen molar-refractivity contribution in [3.8, 4) is 0 Å². The highest BCUT2D eigenvalue weighted by atomic mass is 35.5. The molecule has 0 amide bonds. The van der Waals surface area contributed by atoms with Crippen molar-refractivity contribution in [3.63, 3.8) is 0 Å². The molecule has 0 unspecified atom stereocenters. The zero-order valence-electron chi connectivity index (χ0n) is 11.6. The largest absolute Gasteiger partial charge is 0.336 e. The minimum atomic E-state index is -0.729. The maximum Gasteiger partial charge on any atom is 0.249 e. The molecule has 2 N–H and O–H groups in total. The van der Waals surface area contributed by atoms with Gasteiger partial charge in [-0.05, 0) is 30.3 Å². The Bertz CT molecular complexity index is 844. The first-order valence-corrected chi connectivity index (χ1v) is 6.92. The van der Waals surface area contributed by atoms with Crippen LogP contribution in [0, 0.1) is 11.6 Å². The molecule has 5 nitrogen and oxygen atoms in total. The molecule has 23 heavy (non-hydrogen) atoms. The molecular weight excluding hydrogens is 324 g/mol. The van der Waals surface area contributed by atoms with Crippen LogP contribution in [0.1, 0.15) is 0 Å². The summed E-state index contributed by atoms with van der Waals surface area (Å²) in [7, 11) is 0. The number of hydrogen-bond acceptors (Lipinski definition) is 5. The minimum Gasteiger partial charge on any atom is -0.336 e. The van der Waals surface area contributed by atoms with Gasteiger partial charge in [0.1, 0.15) is 11.6 Å². The number of nitrogens with one attached hydrogen (secondary N) is 2. The third-order valence-electron chi connectivity index (χ3n) is 2.83. The van der Waals surface area contributed by atoms with Gasteiger partial charge in [0.2, 0.25) is 5.95 Å². The zero-order valence-corrected chi connectivity index (χ0v) is 12.4. The van der Waals surface area contributed by atoms with Crippen LogP contribution < -0.4 is 10.6 Å². The van der Waals surface area contributed by atoms with Gasteiger partial charge in [-0.1, -0.05) is 17.7 Å². The van der Waals surface area contributed by atoms with Gasteiger partial charge in [-0.2, -0.15) is 10.1 Å². The predicted molar refractivity (Wildman–Crippen MR) is 84.2 cm³/mol. The van der Waals surface area contributed by atoms with Crippen LogP contribution in [0.5, 0.6) is 0 Å². The van der Waals surface area contributed by atoms with E-state index in [2.05, 4.69) is 25.8 Å². The lowest BCUT2D eigenvalue weighted by atomic mass is 10.3. The van der Waals surface area contributed by atoms with Crippen molar-refractivity contribution in [3.05, 3.63) is 65.3 Å². The van der Waals surface area contributed by atoms with Gasteiger partial charge in [0, 0.05) is 16.8 Å². The maximum atomic E-state index is 13.6. The fourth-order valence-corrected chi connectivity index (χ4v) is 2.03. The Kier molecular flexibility index (Phi) is 4.29. The summed E-state index contributed by atoms with van der Waals surface area (Å²) >= 11 is 5.90. The van der Waals surface area contributed by atoms with Gasteiger partial charge in [0.05, 0.1) is 11.9 Å². The smallest absolute Gasteiger partial charge is 0.249 e. The Balaban J connectivity index is 1.79. The van der Waals surface area contributed by atoms with Crippen molar-refractivity contribution < 1.29 is 8.78 Å². The van der Waals surface area contributed by atoms with E-state index in [0.717, 1.165) is 12.1 Å². The van der Waals surface area contributed by atoms with Crippen LogP contribution >= 0.6 is 11.6 Å². The summed E-state index contributed by atoms with van der Waals surface area (Å²) in [6.45, 7) is 0. The SMILES string of the molecule is Fc1ccc(Nc2cnnc(Nc3cccc(Cl)c3)n2)c(F)c1. The molecule has 0 radical (unpaired) electrons. The van der Waals surface area contributed by atoms with Gasteiger partial charge >= 0.3 is 0 Å². The van der Waals surface area contributed by atoms with Crippen LogP contribution in [-0.4, -0.2) is 15.2 Å². The third-order valence-corrected chi connectivity index (χ3v) is 3.07. The van der Waals surface area contributed by atoms with Crippen LogP contribution in [0.25, 0.3) is 0 Å². The van der Waals surface area contributed by atoms with Gasteiger partial charge in [-0.15, -0.1) is 5.10 Å². The van der Waals surface area contributed by atoms with Crippen molar-refractivity contribution in [1.29, 1.82) is 0 Å². The molecule has 0 aliphatic heterocycles. The van der Waals surface area contributed by atoms with Crippen LogP contribution in [0.15, 0.2) is 48.7 Å². The maximum absolute atomic E-state index is 13.6. The molecule has 0 spiro atoms. The molecule has 2 aromatic carbocycles. The number of nitrogens with zero attached hydrogens (tertiary/aromatic N) is 3. The Morgan fingerprint density at radius 1 is 1.00 bits per heavy atom. The molecule has 1 aromatic heterocycles. The van der Waals surface area contributed by atoms with E-state index in [4.69, 9.17) is 11.6 Å². The number of aromatic nitrogens is 3. The topological polar surface area (TPSA) is 62.7 Å². The van der Waals surface area contributed by atoms with E-state index in [9.17, 15) is 8.78 Å². The average Bonchev–Trinajstić information content (AvgIpc) is 2.51. The van der Waals surface area contributed by atoms with Crippen LogP contribution in [0.4, 0.5) is 31.9 Å². The molecule has 0 saturated heterocycles.